The molecule has 1 aliphatic rings. The van der Waals surface area contributed by atoms with Gasteiger partial charge in [0.2, 0.25) is 5.91 Å². The summed E-state index contributed by atoms with van der Waals surface area (Å²) in [7, 11) is 1.66. The van der Waals surface area contributed by atoms with Gasteiger partial charge in [0.25, 0.3) is 0 Å². The number of hydrogen-bond acceptors (Lipinski definition) is 4. The standard InChI is InChI=1S/C11H22N2O3/c1-10-11(14)13(9-12-10)5-3-4-6-16-8-7-15-2/h10,12H,3-9H2,1-2H3. The summed E-state index contributed by atoms with van der Waals surface area (Å²) in [5, 5.41) is 3.12. The van der Waals surface area contributed by atoms with E-state index in [1.54, 1.807) is 7.11 Å². The van der Waals surface area contributed by atoms with Gasteiger partial charge >= 0.3 is 0 Å². The zero-order valence-electron chi connectivity index (χ0n) is 10.2. The predicted octanol–water partition coefficient (Wildman–Crippen LogP) is 0.207. The molecule has 0 saturated carbocycles. The maximum Gasteiger partial charge on any atom is 0.240 e. The molecule has 0 spiro atoms. The fourth-order valence-electron chi connectivity index (χ4n) is 1.63. The largest absolute Gasteiger partial charge is 0.382 e. The molecule has 1 amide bonds. The van der Waals surface area contributed by atoms with Crippen LogP contribution in [0.3, 0.4) is 0 Å². The highest BCUT2D eigenvalue weighted by atomic mass is 16.5. The molecule has 1 rings (SSSR count). The van der Waals surface area contributed by atoms with Gasteiger partial charge in [-0.15, -0.1) is 0 Å². The number of carbonyl (C=O) groups excluding carboxylic acids is 1. The van der Waals surface area contributed by atoms with Crippen LogP contribution in [0.2, 0.25) is 0 Å². The van der Waals surface area contributed by atoms with Crippen LogP contribution < -0.4 is 5.32 Å². The Balaban J connectivity index is 1.93. The van der Waals surface area contributed by atoms with Gasteiger partial charge in [0.15, 0.2) is 0 Å². The molecule has 94 valence electrons. The van der Waals surface area contributed by atoms with Crippen molar-refractivity contribution in [3.8, 4) is 0 Å². The maximum atomic E-state index is 11.5. The lowest BCUT2D eigenvalue weighted by Crippen LogP contribution is -2.29. The average molecular weight is 230 g/mol. The molecule has 1 aliphatic heterocycles. The molecule has 5 heteroatoms. The fraction of sp³-hybridized carbons (Fsp3) is 0.909. The Morgan fingerprint density at radius 2 is 2.19 bits per heavy atom. The molecule has 1 atom stereocenters. The van der Waals surface area contributed by atoms with E-state index in [0.29, 0.717) is 19.9 Å². The van der Waals surface area contributed by atoms with Crippen molar-refractivity contribution in [3.05, 3.63) is 0 Å². The van der Waals surface area contributed by atoms with Gasteiger partial charge in [0.05, 0.1) is 25.9 Å². The van der Waals surface area contributed by atoms with Crippen molar-refractivity contribution in [1.29, 1.82) is 0 Å². The predicted molar refractivity (Wildman–Crippen MR) is 61.1 cm³/mol. The molecule has 1 heterocycles. The molecular weight excluding hydrogens is 208 g/mol. The number of rotatable bonds is 8. The number of methoxy groups -OCH3 is 1. The third-order valence-corrected chi connectivity index (χ3v) is 2.67. The highest BCUT2D eigenvalue weighted by Gasteiger charge is 2.26. The van der Waals surface area contributed by atoms with Crippen LogP contribution in [0.1, 0.15) is 19.8 Å². The van der Waals surface area contributed by atoms with Gasteiger partial charge in [0.1, 0.15) is 0 Å². The minimum atomic E-state index is -0.0158. The highest BCUT2D eigenvalue weighted by molar-refractivity contribution is 5.83. The van der Waals surface area contributed by atoms with E-state index in [9.17, 15) is 4.79 Å². The summed E-state index contributed by atoms with van der Waals surface area (Å²) in [5.41, 5.74) is 0. The molecule has 1 fully saturated rings. The molecule has 1 saturated heterocycles. The molecule has 5 nitrogen and oxygen atoms in total. The molecule has 16 heavy (non-hydrogen) atoms. The number of unbranched alkanes of at least 4 members (excludes halogenated alkanes) is 1. The number of nitrogens with zero attached hydrogens (tertiary/aromatic N) is 1. The quantitative estimate of drug-likeness (QED) is 0.606. The van der Waals surface area contributed by atoms with Crippen LogP contribution in [0.4, 0.5) is 0 Å². The van der Waals surface area contributed by atoms with Crippen LogP contribution in [0.5, 0.6) is 0 Å². The van der Waals surface area contributed by atoms with Crippen molar-refractivity contribution in [2.75, 3.05) is 40.1 Å². The summed E-state index contributed by atoms with van der Waals surface area (Å²) in [5.74, 6) is 0.209. The second-order valence-electron chi connectivity index (χ2n) is 4.00. The Morgan fingerprint density at radius 1 is 1.38 bits per heavy atom. The SMILES string of the molecule is COCCOCCCCN1CNC(C)C1=O. The molecule has 0 aromatic rings. The lowest BCUT2D eigenvalue weighted by Gasteiger charge is -2.14. The highest BCUT2D eigenvalue weighted by Crippen LogP contribution is 2.04. The molecule has 0 aliphatic carbocycles. The third-order valence-electron chi connectivity index (χ3n) is 2.67. The smallest absolute Gasteiger partial charge is 0.240 e. The molecule has 1 unspecified atom stereocenters. The molecule has 0 aromatic heterocycles. The number of hydrogen-bond donors (Lipinski definition) is 1. The Morgan fingerprint density at radius 3 is 2.81 bits per heavy atom. The second-order valence-corrected chi connectivity index (χ2v) is 4.00. The zero-order valence-corrected chi connectivity index (χ0v) is 10.2. The number of carbonyl (C=O) groups is 1. The fourth-order valence-corrected chi connectivity index (χ4v) is 1.63. The first-order chi connectivity index (χ1) is 7.75. The van der Waals surface area contributed by atoms with E-state index < -0.39 is 0 Å². The average Bonchev–Trinajstić information content (AvgIpc) is 2.59. The third kappa shape index (κ3) is 4.47. The van der Waals surface area contributed by atoms with Crippen molar-refractivity contribution >= 4 is 5.91 Å². The van der Waals surface area contributed by atoms with Crippen LogP contribution in [-0.2, 0) is 14.3 Å². The van der Waals surface area contributed by atoms with E-state index in [4.69, 9.17) is 9.47 Å². The van der Waals surface area contributed by atoms with Crippen molar-refractivity contribution in [2.24, 2.45) is 0 Å². The summed E-state index contributed by atoms with van der Waals surface area (Å²) < 4.78 is 10.2. The number of nitrogens with one attached hydrogen (secondary N) is 1. The van der Waals surface area contributed by atoms with E-state index >= 15 is 0 Å². The van der Waals surface area contributed by atoms with Crippen LogP contribution in [-0.4, -0.2) is 57.0 Å². The van der Waals surface area contributed by atoms with Gasteiger partial charge < -0.3 is 14.4 Å². The van der Waals surface area contributed by atoms with Gasteiger partial charge in [-0.2, -0.15) is 0 Å². The first-order valence-electron chi connectivity index (χ1n) is 5.84. The summed E-state index contributed by atoms with van der Waals surface area (Å²) >= 11 is 0. The summed E-state index contributed by atoms with van der Waals surface area (Å²) in [4.78, 5) is 13.4. The summed E-state index contributed by atoms with van der Waals surface area (Å²) in [6.45, 7) is 5.45. The lowest BCUT2D eigenvalue weighted by molar-refractivity contribution is -0.128. The number of amides is 1. The van der Waals surface area contributed by atoms with Crippen molar-refractivity contribution in [2.45, 2.75) is 25.8 Å². The van der Waals surface area contributed by atoms with Crippen molar-refractivity contribution in [1.82, 2.24) is 10.2 Å². The maximum absolute atomic E-state index is 11.5. The topological polar surface area (TPSA) is 50.8 Å². The van der Waals surface area contributed by atoms with Crippen LogP contribution in [0, 0.1) is 0 Å². The van der Waals surface area contributed by atoms with E-state index in [1.807, 2.05) is 11.8 Å². The second kappa shape index (κ2) is 7.60. The normalized spacial score (nSPS) is 20.8. The Kier molecular flexibility index (Phi) is 6.37. The molecule has 0 bridgehead atoms. The lowest BCUT2D eigenvalue weighted by atomic mass is 10.3. The van der Waals surface area contributed by atoms with E-state index in [2.05, 4.69) is 5.32 Å². The Labute approximate surface area is 97.1 Å². The van der Waals surface area contributed by atoms with E-state index in [1.165, 1.54) is 0 Å². The monoisotopic (exact) mass is 230 g/mol. The first-order valence-corrected chi connectivity index (χ1v) is 5.84. The van der Waals surface area contributed by atoms with Gasteiger partial charge in [-0.25, -0.2) is 0 Å². The Bertz CT molecular complexity index is 211. The van der Waals surface area contributed by atoms with Gasteiger partial charge in [-0.3, -0.25) is 10.1 Å². The van der Waals surface area contributed by atoms with Gasteiger partial charge in [0, 0.05) is 20.3 Å². The Hall–Kier alpha value is -0.650. The van der Waals surface area contributed by atoms with Gasteiger partial charge in [-0.05, 0) is 19.8 Å². The first kappa shape index (κ1) is 13.4. The van der Waals surface area contributed by atoms with Crippen LogP contribution in [0.25, 0.3) is 0 Å². The minimum Gasteiger partial charge on any atom is -0.382 e. The van der Waals surface area contributed by atoms with E-state index in [-0.39, 0.29) is 11.9 Å². The molecule has 1 N–H and O–H groups in total. The minimum absolute atomic E-state index is 0.0158. The van der Waals surface area contributed by atoms with E-state index in [0.717, 1.165) is 26.0 Å². The summed E-state index contributed by atoms with van der Waals surface area (Å²) in [6.07, 6.45) is 1.98. The number of ether oxygens (including phenoxy) is 2. The van der Waals surface area contributed by atoms with Crippen LogP contribution >= 0.6 is 0 Å². The molecular formula is C11H22N2O3. The van der Waals surface area contributed by atoms with Crippen molar-refractivity contribution < 1.29 is 14.3 Å². The molecule has 0 aromatic carbocycles. The van der Waals surface area contributed by atoms with Crippen molar-refractivity contribution in [3.63, 3.8) is 0 Å². The molecule has 0 radical (unpaired) electrons. The van der Waals surface area contributed by atoms with Gasteiger partial charge in [-0.1, -0.05) is 0 Å². The zero-order chi connectivity index (χ0) is 11.8. The summed E-state index contributed by atoms with van der Waals surface area (Å²) in [6, 6.07) is -0.0158. The van der Waals surface area contributed by atoms with Crippen LogP contribution in [0.15, 0.2) is 0 Å².